The van der Waals surface area contributed by atoms with Crippen molar-refractivity contribution in [3.63, 3.8) is 0 Å². The number of hydrogen-bond donors (Lipinski definition) is 1. The van der Waals surface area contributed by atoms with Crippen molar-refractivity contribution in [2.75, 3.05) is 19.1 Å². The monoisotopic (exact) mass is 501 g/mol. The van der Waals surface area contributed by atoms with Crippen molar-refractivity contribution in [2.24, 2.45) is 0 Å². The van der Waals surface area contributed by atoms with Gasteiger partial charge in [0.05, 0.1) is 37.5 Å². The molecular formula is C29H27NO7. The summed E-state index contributed by atoms with van der Waals surface area (Å²) in [6, 6.07) is 19.1. The van der Waals surface area contributed by atoms with Crippen LogP contribution >= 0.6 is 0 Å². The van der Waals surface area contributed by atoms with Gasteiger partial charge in [0.2, 0.25) is 0 Å². The van der Waals surface area contributed by atoms with Crippen molar-refractivity contribution in [3.8, 4) is 11.5 Å². The quantitative estimate of drug-likeness (QED) is 0.213. The standard InChI is InChI=1S/C29H27NO7/c1-17(2)37-29(34)19-13-15-20(16-14-19)30-25(18-9-6-5-7-10-18)24(27(32)28(30)33)26(31)23-21(35-3)11-8-12-22(23)36-4/h5-17,25,31H,1-4H3/b26-24+. The number of nitrogens with zero attached hydrogens (tertiary/aromatic N) is 1. The van der Waals surface area contributed by atoms with Gasteiger partial charge in [-0.2, -0.15) is 0 Å². The zero-order valence-corrected chi connectivity index (χ0v) is 20.9. The molecule has 1 saturated heterocycles. The molecule has 8 heteroatoms. The van der Waals surface area contributed by atoms with E-state index in [1.165, 1.54) is 31.3 Å². The van der Waals surface area contributed by atoms with Crippen molar-refractivity contribution in [2.45, 2.75) is 26.0 Å². The Morgan fingerprint density at radius 1 is 0.865 bits per heavy atom. The lowest BCUT2D eigenvalue weighted by molar-refractivity contribution is -0.132. The molecule has 1 aliphatic heterocycles. The first-order valence-electron chi connectivity index (χ1n) is 11.7. The van der Waals surface area contributed by atoms with Crippen molar-refractivity contribution in [3.05, 3.63) is 95.1 Å². The lowest BCUT2D eigenvalue weighted by Crippen LogP contribution is -2.29. The SMILES string of the molecule is COc1cccc(OC)c1/C(O)=C1\C(=O)C(=O)N(c2ccc(C(=O)OC(C)C)cc2)C1c1ccccc1. The largest absolute Gasteiger partial charge is 0.506 e. The minimum atomic E-state index is -0.940. The Morgan fingerprint density at radius 3 is 2.00 bits per heavy atom. The minimum absolute atomic E-state index is 0.109. The maximum Gasteiger partial charge on any atom is 0.338 e. The summed E-state index contributed by atoms with van der Waals surface area (Å²) in [4.78, 5) is 40.4. The lowest BCUT2D eigenvalue weighted by Gasteiger charge is -2.26. The number of Topliss-reactive ketones (excluding diaryl/α,β-unsaturated/α-hetero) is 1. The van der Waals surface area contributed by atoms with Gasteiger partial charge in [0.1, 0.15) is 22.8 Å². The smallest absolute Gasteiger partial charge is 0.338 e. The molecule has 0 spiro atoms. The van der Waals surface area contributed by atoms with Gasteiger partial charge in [0.15, 0.2) is 0 Å². The molecule has 0 saturated carbocycles. The zero-order chi connectivity index (χ0) is 26.7. The number of amides is 1. The van der Waals surface area contributed by atoms with Crippen LogP contribution in [-0.4, -0.2) is 43.1 Å². The predicted molar refractivity (Wildman–Crippen MR) is 138 cm³/mol. The first-order valence-corrected chi connectivity index (χ1v) is 11.7. The third-order valence-corrected chi connectivity index (χ3v) is 5.95. The molecule has 0 bridgehead atoms. The van der Waals surface area contributed by atoms with Crippen LogP contribution in [0.5, 0.6) is 11.5 Å². The first-order chi connectivity index (χ1) is 17.8. The summed E-state index contributed by atoms with van der Waals surface area (Å²) in [6.45, 7) is 3.50. The topological polar surface area (TPSA) is 102 Å². The number of ether oxygens (including phenoxy) is 3. The van der Waals surface area contributed by atoms with Gasteiger partial charge in [-0.3, -0.25) is 14.5 Å². The maximum atomic E-state index is 13.4. The molecule has 4 rings (SSSR count). The van der Waals surface area contributed by atoms with Gasteiger partial charge in [-0.05, 0) is 55.8 Å². The Morgan fingerprint density at radius 2 is 1.46 bits per heavy atom. The van der Waals surface area contributed by atoms with E-state index in [9.17, 15) is 19.5 Å². The molecule has 0 aromatic heterocycles. The van der Waals surface area contributed by atoms with Crippen LogP contribution in [-0.2, 0) is 14.3 Å². The number of hydrogen-bond acceptors (Lipinski definition) is 7. The lowest BCUT2D eigenvalue weighted by atomic mass is 9.94. The van der Waals surface area contributed by atoms with Crippen LogP contribution in [0.3, 0.4) is 0 Å². The fourth-order valence-electron chi connectivity index (χ4n) is 4.31. The van der Waals surface area contributed by atoms with Crippen LogP contribution in [0, 0.1) is 0 Å². The van der Waals surface area contributed by atoms with Gasteiger partial charge in [0.25, 0.3) is 11.7 Å². The van der Waals surface area contributed by atoms with E-state index in [0.29, 0.717) is 16.8 Å². The molecule has 1 unspecified atom stereocenters. The molecule has 37 heavy (non-hydrogen) atoms. The van der Waals surface area contributed by atoms with Crippen molar-refractivity contribution >= 4 is 29.1 Å². The highest BCUT2D eigenvalue weighted by Crippen LogP contribution is 2.45. The predicted octanol–water partition coefficient (Wildman–Crippen LogP) is 4.90. The van der Waals surface area contributed by atoms with E-state index in [4.69, 9.17) is 14.2 Å². The third kappa shape index (κ3) is 4.78. The zero-order valence-electron chi connectivity index (χ0n) is 20.9. The second-order valence-corrected chi connectivity index (χ2v) is 8.62. The summed E-state index contributed by atoms with van der Waals surface area (Å²) in [5.74, 6) is -2.03. The van der Waals surface area contributed by atoms with Crippen LogP contribution in [0.15, 0.2) is 78.4 Å². The number of aliphatic hydroxyl groups excluding tert-OH is 1. The highest BCUT2D eigenvalue weighted by atomic mass is 16.5. The second-order valence-electron chi connectivity index (χ2n) is 8.62. The Bertz CT molecular complexity index is 1340. The molecule has 3 aromatic rings. The van der Waals surface area contributed by atoms with Gasteiger partial charge in [0, 0.05) is 5.69 Å². The van der Waals surface area contributed by atoms with Crippen LogP contribution in [0.4, 0.5) is 5.69 Å². The van der Waals surface area contributed by atoms with Gasteiger partial charge in [-0.25, -0.2) is 4.79 Å². The van der Waals surface area contributed by atoms with E-state index in [2.05, 4.69) is 0 Å². The number of aliphatic hydroxyl groups is 1. The summed E-state index contributed by atoms with van der Waals surface area (Å²) in [7, 11) is 2.87. The normalized spacial score (nSPS) is 16.7. The van der Waals surface area contributed by atoms with E-state index < -0.39 is 29.5 Å². The maximum absolute atomic E-state index is 13.4. The Kier molecular flexibility index (Phi) is 7.29. The Balaban J connectivity index is 1.89. The summed E-state index contributed by atoms with van der Waals surface area (Å²) < 4.78 is 16.1. The Hall–Kier alpha value is -4.59. The summed E-state index contributed by atoms with van der Waals surface area (Å²) in [6.07, 6.45) is -0.282. The first kappa shape index (κ1) is 25.5. The molecule has 1 heterocycles. The number of methoxy groups -OCH3 is 2. The van der Waals surface area contributed by atoms with E-state index in [1.54, 1.807) is 68.4 Å². The summed E-state index contributed by atoms with van der Waals surface area (Å²) in [5.41, 5.74) is 1.35. The molecule has 3 aromatic carbocycles. The highest BCUT2D eigenvalue weighted by Gasteiger charge is 2.47. The molecule has 1 atom stereocenters. The number of benzene rings is 3. The Labute approximate surface area is 214 Å². The van der Waals surface area contributed by atoms with Crippen molar-refractivity contribution in [1.82, 2.24) is 0 Å². The second kappa shape index (κ2) is 10.6. The highest BCUT2D eigenvalue weighted by molar-refractivity contribution is 6.51. The molecule has 190 valence electrons. The van der Waals surface area contributed by atoms with Crippen LogP contribution in [0.25, 0.3) is 5.76 Å². The molecule has 0 radical (unpaired) electrons. The molecule has 1 fully saturated rings. The summed E-state index contributed by atoms with van der Waals surface area (Å²) >= 11 is 0. The number of rotatable bonds is 7. The van der Waals surface area contributed by atoms with E-state index in [-0.39, 0.29) is 28.7 Å². The average molecular weight is 502 g/mol. The number of esters is 1. The number of anilines is 1. The van der Waals surface area contributed by atoms with Crippen molar-refractivity contribution in [1.29, 1.82) is 0 Å². The number of carbonyl (C=O) groups is 3. The molecule has 1 N–H and O–H groups in total. The van der Waals surface area contributed by atoms with Crippen LogP contribution < -0.4 is 14.4 Å². The molecule has 0 aliphatic carbocycles. The fraction of sp³-hybridized carbons (Fsp3) is 0.207. The third-order valence-electron chi connectivity index (χ3n) is 5.95. The fourth-order valence-corrected chi connectivity index (χ4v) is 4.31. The average Bonchev–Trinajstić information content (AvgIpc) is 3.18. The van der Waals surface area contributed by atoms with Gasteiger partial charge >= 0.3 is 5.97 Å². The number of carbonyl (C=O) groups excluding carboxylic acids is 3. The van der Waals surface area contributed by atoms with Gasteiger partial charge in [-0.15, -0.1) is 0 Å². The van der Waals surface area contributed by atoms with Crippen LogP contribution in [0.1, 0.15) is 41.4 Å². The molecule has 1 amide bonds. The van der Waals surface area contributed by atoms with Gasteiger partial charge < -0.3 is 19.3 Å². The van der Waals surface area contributed by atoms with Gasteiger partial charge in [-0.1, -0.05) is 36.4 Å². The molecule has 1 aliphatic rings. The number of ketones is 1. The summed E-state index contributed by atoms with van der Waals surface area (Å²) in [5, 5.41) is 11.5. The minimum Gasteiger partial charge on any atom is -0.506 e. The van der Waals surface area contributed by atoms with Crippen molar-refractivity contribution < 1.29 is 33.7 Å². The van der Waals surface area contributed by atoms with Crippen LogP contribution in [0.2, 0.25) is 0 Å². The van der Waals surface area contributed by atoms with E-state index >= 15 is 0 Å². The van der Waals surface area contributed by atoms with E-state index in [1.807, 2.05) is 6.07 Å². The van der Waals surface area contributed by atoms with E-state index in [0.717, 1.165) is 0 Å². The molecular weight excluding hydrogens is 474 g/mol. The molecule has 8 nitrogen and oxygen atoms in total.